The normalized spacial score (nSPS) is 52.3. The molecule has 15 heteroatoms. The Morgan fingerprint density at radius 2 is 1.28 bits per heavy atom. The Kier molecular flexibility index (Phi) is 7.31. The number of ether oxygens (including phenoxy) is 9. The van der Waals surface area contributed by atoms with Crippen LogP contribution in [0.3, 0.4) is 0 Å². The predicted octanol–water partition coefficient (Wildman–Crippen LogP) is 5.03. The van der Waals surface area contributed by atoms with Gasteiger partial charge in [-0.3, -0.25) is 0 Å². The topological polar surface area (TPSA) is 208 Å². The summed E-state index contributed by atoms with van der Waals surface area (Å²) in [6.45, 7) is 13.2. The fourth-order valence-electron chi connectivity index (χ4n) is 16.9. The van der Waals surface area contributed by atoms with Gasteiger partial charge < -0.3 is 57.3 Å². The highest BCUT2D eigenvalue weighted by Gasteiger charge is 3.02. The highest BCUT2D eigenvalue weighted by atomic mass is 16.8. The van der Waals surface area contributed by atoms with E-state index in [-0.39, 0.29) is 89.0 Å². The van der Waals surface area contributed by atoms with Gasteiger partial charge in [0, 0.05) is 33.1 Å². The number of fused-ring (bicyclic) bond motifs is 8. The number of carbonyl (C=O) groups is 3. The molecule has 352 valence electrons. The first-order chi connectivity index (χ1) is 32.0. The zero-order valence-electron chi connectivity index (χ0n) is 38.2. The lowest BCUT2D eigenvalue weighted by atomic mass is 9.46. The van der Waals surface area contributed by atoms with E-state index in [1.165, 1.54) is 12.3 Å². The summed E-state index contributed by atoms with van der Waals surface area (Å²) in [6, 6.07) is 12.3. The van der Waals surface area contributed by atoms with Gasteiger partial charge >= 0.3 is 17.9 Å². The second-order valence-corrected chi connectivity index (χ2v) is 22.9. The van der Waals surface area contributed by atoms with Gasteiger partial charge in [0.25, 0.3) is 0 Å². The summed E-state index contributed by atoms with van der Waals surface area (Å²) in [4.78, 5) is 38.5. The lowest BCUT2D eigenvalue weighted by molar-refractivity contribution is -0.136. The number of allylic oxidation sites excluding steroid dienone is 1. The summed E-state index contributed by atoms with van der Waals surface area (Å²) in [6.07, 6.45) is 3.41. The Morgan fingerprint density at radius 3 is 1.87 bits per heavy atom. The molecular formula is C52H54O15. The second kappa shape index (κ2) is 12.0. The molecule has 6 aliphatic carbocycles. The monoisotopic (exact) mass is 918 g/mol. The zero-order valence-corrected chi connectivity index (χ0v) is 38.2. The molecule has 9 heterocycles. The number of rotatable bonds is 5. The van der Waals surface area contributed by atoms with Crippen molar-refractivity contribution in [3.8, 4) is 0 Å². The van der Waals surface area contributed by atoms with E-state index in [2.05, 4.69) is 41.5 Å². The Bertz CT molecular complexity index is 2760. The fraction of sp³-hybridized carbons (Fsp3) is 0.635. The Labute approximate surface area is 386 Å². The standard InChI is InChI=1S/C32H30O9.C20H24O6/c1-15(2)30-24(40-30)25-32(41-25)29(3)12-11-17-21(18(29)14-20-31(32,39-20)28(30)35)23(38-26(17)33)22(16-8-5-4-6-9-16)37-27(34)19-10-7-13-36-19;1-8(2)18-13(25-18)14-20(26-14)17(3)5-4-9-10(7-23-15(9)21)11(17)6-12-19(20,24-12)16(18)22/h4-10,13,15,18,20,24-25,28,35H,11-12,14H2,1-3H3;8,11-14,16,22H,4-7H2,1-3H3/b23-22+;/t18-,20-,24-,25-,28+,29-,30-,31+,32+;11-,12-,13-,14-,16+,17-,18-,19+,20+/m00/s1. The van der Waals surface area contributed by atoms with E-state index in [1.54, 1.807) is 6.07 Å². The van der Waals surface area contributed by atoms with Crippen LogP contribution >= 0.6 is 0 Å². The number of aliphatic hydroxyl groups is 2. The van der Waals surface area contributed by atoms with Gasteiger partial charge in [0.2, 0.25) is 5.76 Å². The zero-order chi connectivity index (χ0) is 46.0. The third kappa shape index (κ3) is 4.19. The molecule has 4 spiro atoms. The third-order valence-electron chi connectivity index (χ3n) is 20.3. The highest BCUT2D eigenvalue weighted by molar-refractivity contribution is 5.98. The molecule has 10 fully saturated rings. The number of cyclic esters (lactones) is 2. The number of carbonyl (C=O) groups excluding carboxylic acids is 3. The van der Waals surface area contributed by atoms with Gasteiger partial charge in [0.15, 0.2) is 22.7 Å². The molecule has 8 aliphatic heterocycles. The van der Waals surface area contributed by atoms with Crippen LogP contribution in [-0.2, 0) is 52.2 Å². The van der Waals surface area contributed by atoms with Crippen molar-refractivity contribution in [1.82, 2.24) is 0 Å². The van der Waals surface area contributed by atoms with Gasteiger partial charge in [-0.25, -0.2) is 14.4 Å². The van der Waals surface area contributed by atoms with E-state index in [4.69, 9.17) is 47.0 Å². The molecule has 4 saturated carbocycles. The largest absolute Gasteiger partial charge is 0.458 e. The first-order valence-corrected chi connectivity index (χ1v) is 24.4. The van der Waals surface area contributed by atoms with Crippen LogP contribution in [0.15, 0.2) is 81.2 Å². The van der Waals surface area contributed by atoms with Gasteiger partial charge in [-0.1, -0.05) is 71.9 Å². The minimum atomic E-state index is -0.834. The van der Waals surface area contributed by atoms with Crippen LogP contribution in [0.25, 0.3) is 5.76 Å². The van der Waals surface area contributed by atoms with E-state index in [9.17, 15) is 24.6 Å². The van der Waals surface area contributed by atoms with Crippen molar-refractivity contribution in [2.24, 2.45) is 34.5 Å². The molecule has 15 nitrogen and oxygen atoms in total. The van der Waals surface area contributed by atoms with Crippen molar-refractivity contribution >= 4 is 23.7 Å². The molecule has 2 aromatic rings. The Hall–Kier alpha value is -4.19. The van der Waals surface area contributed by atoms with E-state index in [0.29, 0.717) is 37.0 Å². The van der Waals surface area contributed by atoms with Crippen LogP contribution in [0.2, 0.25) is 0 Å². The lowest BCUT2D eigenvalue weighted by Crippen LogP contribution is -2.69. The maximum atomic E-state index is 13.3. The van der Waals surface area contributed by atoms with Gasteiger partial charge in [-0.15, -0.1) is 0 Å². The number of aliphatic hydroxyl groups excluding tert-OH is 2. The van der Waals surface area contributed by atoms with Crippen molar-refractivity contribution in [2.75, 3.05) is 6.61 Å². The van der Waals surface area contributed by atoms with Crippen molar-refractivity contribution in [1.29, 1.82) is 0 Å². The van der Waals surface area contributed by atoms with Crippen molar-refractivity contribution in [3.63, 3.8) is 0 Å². The number of epoxide rings is 6. The predicted molar refractivity (Wildman–Crippen MR) is 227 cm³/mol. The molecule has 2 N–H and O–H groups in total. The summed E-state index contributed by atoms with van der Waals surface area (Å²) in [5, 5.41) is 23.3. The van der Waals surface area contributed by atoms with Gasteiger partial charge in [0.05, 0.1) is 18.5 Å². The number of furan rings is 1. The molecule has 0 unspecified atom stereocenters. The van der Waals surface area contributed by atoms with Crippen LogP contribution in [0.5, 0.6) is 0 Å². The molecule has 67 heavy (non-hydrogen) atoms. The maximum absolute atomic E-state index is 13.3. The Morgan fingerprint density at radius 1 is 0.701 bits per heavy atom. The van der Waals surface area contributed by atoms with Crippen LogP contribution in [0.1, 0.15) is 96.2 Å². The molecule has 1 aromatic heterocycles. The van der Waals surface area contributed by atoms with E-state index >= 15 is 0 Å². The second-order valence-electron chi connectivity index (χ2n) is 22.9. The number of hydrogen-bond donors (Lipinski definition) is 2. The molecule has 6 saturated heterocycles. The number of hydrogen-bond acceptors (Lipinski definition) is 15. The van der Waals surface area contributed by atoms with Crippen molar-refractivity contribution < 1.29 is 71.6 Å². The number of benzene rings is 1. The minimum absolute atomic E-state index is 0.00808. The molecule has 0 radical (unpaired) electrons. The van der Waals surface area contributed by atoms with E-state index < -0.39 is 63.2 Å². The van der Waals surface area contributed by atoms with Gasteiger partial charge in [-0.2, -0.15) is 0 Å². The summed E-state index contributed by atoms with van der Waals surface area (Å²) in [5.74, 6) is -0.417. The first kappa shape index (κ1) is 40.7. The van der Waals surface area contributed by atoms with Crippen LogP contribution in [-0.4, -0.2) is 117 Å². The Balaban J connectivity index is 0.000000135. The van der Waals surface area contributed by atoms with Gasteiger partial charge in [-0.05, 0) is 79.9 Å². The molecule has 1 aromatic carbocycles. The minimum Gasteiger partial charge on any atom is -0.458 e. The van der Waals surface area contributed by atoms with E-state index in [0.717, 1.165) is 36.0 Å². The lowest BCUT2D eigenvalue weighted by Gasteiger charge is -2.53. The van der Waals surface area contributed by atoms with Crippen LogP contribution < -0.4 is 0 Å². The molecule has 0 bridgehead atoms. The molecule has 14 aliphatic rings. The summed E-state index contributed by atoms with van der Waals surface area (Å²) in [5.41, 5.74) is -0.529. The van der Waals surface area contributed by atoms with Crippen molar-refractivity contribution in [2.45, 2.75) is 163 Å². The molecule has 18 atom stereocenters. The maximum Gasteiger partial charge on any atom is 0.379 e. The molecular weight excluding hydrogens is 865 g/mol. The fourth-order valence-corrected chi connectivity index (χ4v) is 16.9. The molecule has 0 amide bonds. The smallest absolute Gasteiger partial charge is 0.379 e. The first-order valence-electron chi connectivity index (χ1n) is 24.4. The van der Waals surface area contributed by atoms with Crippen LogP contribution in [0, 0.1) is 34.5 Å². The number of esters is 3. The van der Waals surface area contributed by atoms with E-state index in [1.807, 2.05) is 30.3 Å². The van der Waals surface area contributed by atoms with Crippen LogP contribution in [0.4, 0.5) is 0 Å². The summed E-state index contributed by atoms with van der Waals surface area (Å²) < 4.78 is 61.0. The SMILES string of the molecule is CC(C)[C@]12O[C@H]1[C@@H]1O[C@]13[C@]1(O[C@H]1C[C@H]1C4=C(CC[C@@]13C)C(=O)O/C4=C(/OC(=O)c1ccco1)c1ccccc1)[C@@H]2O.CC(C)[C@]12O[C@H]1[C@@H]1O[C@]13[C@]1(O[C@H]1C[C@H]1C4=C(CC[C@@]13C)C(=O)OC4)[C@@H]2O. The van der Waals surface area contributed by atoms with Gasteiger partial charge in [0.1, 0.15) is 65.6 Å². The van der Waals surface area contributed by atoms with Crippen molar-refractivity contribution in [3.05, 3.63) is 88.1 Å². The quantitative estimate of drug-likeness (QED) is 0.175. The summed E-state index contributed by atoms with van der Waals surface area (Å²) in [7, 11) is 0. The summed E-state index contributed by atoms with van der Waals surface area (Å²) >= 11 is 0. The highest BCUT2D eigenvalue weighted by Crippen LogP contribution is 2.85. The third-order valence-corrected chi connectivity index (χ3v) is 20.3. The molecule has 16 rings (SSSR count). The average molecular weight is 919 g/mol. The average Bonchev–Trinajstić information content (AvgIpc) is 4.04.